The van der Waals surface area contributed by atoms with Gasteiger partial charge in [-0.3, -0.25) is 0 Å². The van der Waals surface area contributed by atoms with Crippen LogP contribution in [-0.2, 0) is 6.54 Å². The van der Waals surface area contributed by atoms with E-state index in [0.29, 0.717) is 0 Å². The summed E-state index contributed by atoms with van der Waals surface area (Å²) in [7, 11) is 0. The molecule has 0 amide bonds. The van der Waals surface area contributed by atoms with Gasteiger partial charge in [0.15, 0.2) is 4.73 Å². The van der Waals surface area contributed by atoms with Crippen molar-refractivity contribution in [2.24, 2.45) is 0 Å². The SMILES string of the molecule is CCn1c(Br)nc2c(C)cccc21. The molecule has 0 fully saturated rings. The highest BCUT2D eigenvalue weighted by Gasteiger charge is 2.07. The highest BCUT2D eigenvalue weighted by molar-refractivity contribution is 9.10. The zero-order valence-corrected chi connectivity index (χ0v) is 9.30. The summed E-state index contributed by atoms with van der Waals surface area (Å²) in [4.78, 5) is 4.46. The normalized spacial score (nSPS) is 11.0. The lowest BCUT2D eigenvalue weighted by Gasteiger charge is -2.00. The number of fused-ring (bicyclic) bond motifs is 1. The average molecular weight is 239 g/mol. The summed E-state index contributed by atoms with van der Waals surface area (Å²) in [6, 6.07) is 6.25. The molecule has 0 aliphatic heterocycles. The molecule has 0 aliphatic rings. The van der Waals surface area contributed by atoms with Crippen molar-refractivity contribution in [3.05, 3.63) is 28.5 Å². The molecule has 68 valence electrons. The van der Waals surface area contributed by atoms with Gasteiger partial charge >= 0.3 is 0 Å². The molecule has 0 bridgehead atoms. The Hall–Kier alpha value is -0.830. The molecular weight excluding hydrogens is 228 g/mol. The number of hydrogen-bond donors (Lipinski definition) is 0. The molecule has 1 aromatic carbocycles. The van der Waals surface area contributed by atoms with Gasteiger partial charge in [-0.05, 0) is 41.4 Å². The smallest absolute Gasteiger partial charge is 0.178 e. The summed E-state index contributed by atoms with van der Waals surface area (Å²) in [6.45, 7) is 5.15. The van der Waals surface area contributed by atoms with Crippen LogP contribution in [0.15, 0.2) is 22.9 Å². The predicted octanol–water partition coefficient (Wildman–Crippen LogP) is 3.13. The van der Waals surface area contributed by atoms with E-state index in [4.69, 9.17) is 0 Å². The third kappa shape index (κ3) is 1.27. The number of para-hydroxylation sites is 1. The Morgan fingerprint density at radius 3 is 2.92 bits per heavy atom. The van der Waals surface area contributed by atoms with E-state index in [0.717, 1.165) is 16.8 Å². The van der Waals surface area contributed by atoms with E-state index in [9.17, 15) is 0 Å². The van der Waals surface area contributed by atoms with E-state index in [2.05, 4.69) is 57.5 Å². The maximum atomic E-state index is 4.46. The van der Waals surface area contributed by atoms with Crippen LogP contribution in [-0.4, -0.2) is 9.55 Å². The number of nitrogens with zero attached hydrogens (tertiary/aromatic N) is 2. The highest BCUT2D eigenvalue weighted by atomic mass is 79.9. The number of aryl methyl sites for hydroxylation is 2. The van der Waals surface area contributed by atoms with Gasteiger partial charge in [-0.2, -0.15) is 0 Å². The molecular formula is C10H11BrN2. The second-order valence-corrected chi connectivity index (χ2v) is 3.78. The molecule has 0 atom stereocenters. The lowest BCUT2D eigenvalue weighted by Crippen LogP contribution is -1.93. The molecule has 0 radical (unpaired) electrons. The quantitative estimate of drug-likeness (QED) is 0.747. The maximum Gasteiger partial charge on any atom is 0.178 e. The number of rotatable bonds is 1. The van der Waals surface area contributed by atoms with E-state index in [-0.39, 0.29) is 0 Å². The van der Waals surface area contributed by atoms with E-state index >= 15 is 0 Å². The highest BCUT2D eigenvalue weighted by Crippen LogP contribution is 2.22. The zero-order chi connectivity index (χ0) is 9.42. The molecule has 0 saturated heterocycles. The van der Waals surface area contributed by atoms with Crippen LogP contribution in [0.4, 0.5) is 0 Å². The molecule has 0 saturated carbocycles. The van der Waals surface area contributed by atoms with Gasteiger partial charge in [0.2, 0.25) is 0 Å². The Bertz CT molecular complexity index is 445. The molecule has 1 heterocycles. The summed E-state index contributed by atoms with van der Waals surface area (Å²) >= 11 is 3.46. The summed E-state index contributed by atoms with van der Waals surface area (Å²) < 4.78 is 3.07. The first kappa shape index (κ1) is 8.75. The van der Waals surface area contributed by atoms with Crippen molar-refractivity contribution in [1.82, 2.24) is 9.55 Å². The van der Waals surface area contributed by atoms with Crippen molar-refractivity contribution in [2.45, 2.75) is 20.4 Å². The molecule has 13 heavy (non-hydrogen) atoms. The molecule has 2 rings (SSSR count). The fourth-order valence-electron chi connectivity index (χ4n) is 1.56. The van der Waals surface area contributed by atoms with E-state index in [1.807, 2.05) is 0 Å². The minimum Gasteiger partial charge on any atom is -0.319 e. The van der Waals surface area contributed by atoms with Gasteiger partial charge in [-0.15, -0.1) is 0 Å². The average Bonchev–Trinajstić information content (AvgIpc) is 2.43. The molecule has 2 aromatic rings. The van der Waals surface area contributed by atoms with Crippen LogP contribution in [0.5, 0.6) is 0 Å². The zero-order valence-electron chi connectivity index (χ0n) is 7.71. The van der Waals surface area contributed by atoms with Gasteiger partial charge in [0.1, 0.15) is 0 Å². The summed E-state index contributed by atoms with van der Waals surface area (Å²) in [6.07, 6.45) is 0. The monoisotopic (exact) mass is 238 g/mol. The van der Waals surface area contributed by atoms with Crippen molar-refractivity contribution >= 4 is 27.0 Å². The van der Waals surface area contributed by atoms with Crippen LogP contribution in [0.1, 0.15) is 12.5 Å². The summed E-state index contributed by atoms with van der Waals surface area (Å²) in [5.74, 6) is 0. The van der Waals surface area contributed by atoms with Crippen molar-refractivity contribution < 1.29 is 0 Å². The van der Waals surface area contributed by atoms with Crippen LogP contribution in [0.2, 0.25) is 0 Å². The molecule has 0 spiro atoms. The first-order valence-electron chi connectivity index (χ1n) is 4.35. The molecule has 0 unspecified atom stereocenters. The Balaban J connectivity index is 2.86. The van der Waals surface area contributed by atoms with Crippen molar-refractivity contribution in [2.75, 3.05) is 0 Å². The van der Waals surface area contributed by atoms with E-state index in [1.54, 1.807) is 0 Å². The predicted molar refractivity (Wildman–Crippen MR) is 57.8 cm³/mol. The fourth-order valence-corrected chi connectivity index (χ4v) is 2.18. The Labute approximate surface area is 85.7 Å². The van der Waals surface area contributed by atoms with Gasteiger partial charge in [0.25, 0.3) is 0 Å². The molecule has 0 aliphatic carbocycles. The van der Waals surface area contributed by atoms with Gasteiger partial charge < -0.3 is 4.57 Å². The van der Waals surface area contributed by atoms with Gasteiger partial charge in [0.05, 0.1) is 11.0 Å². The number of hydrogen-bond acceptors (Lipinski definition) is 1. The minimum absolute atomic E-state index is 0.916. The maximum absolute atomic E-state index is 4.46. The van der Waals surface area contributed by atoms with E-state index < -0.39 is 0 Å². The second-order valence-electron chi connectivity index (χ2n) is 3.07. The van der Waals surface area contributed by atoms with Crippen molar-refractivity contribution in [3.8, 4) is 0 Å². The number of imidazole rings is 1. The lowest BCUT2D eigenvalue weighted by molar-refractivity contribution is 0.765. The Morgan fingerprint density at radius 1 is 1.46 bits per heavy atom. The van der Waals surface area contributed by atoms with Crippen LogP contribution in [0.3, 0.4) is 0 Å². The topological polar surface area (TPSA) is 17.8 Å². The van der Waals surface area contributed by atoms with Gasteiger partial charge in [-0.25, -0.2) is 4.98 Å². The number of benzene rings is 1. The second kappa shape index (κ2) is 3.14. The van der Waals surface area contributed by atoms with Gasteiger partial charge in [-0.1, -0.05) is 12.1 Å². The van der Waals surface area contributed by atoms with Crippen molar-refractivity contribution in [3.63, 3.8) is 0 Å². The molecule has 1 aromatic heterocycles. The third-order valence-electron chi connectivity index (χ3n) is 2.25. The van der Waals surface area contributed by atoms with Crippen LogP contribution in [0, 0.1) is 6.92 Å². The Kier molecular flexibility index (Phi) is 2.12. The van der Waals surface area contributed by atoms with Crippen LogP contribution < -0.4 is 0 Å². The number of aromatic nitrogens is 2. The number of halogens is 1. The summed E-state index contributed by atoms with van der Waals surface area (Å²) in [5.41, 5.74) is 3.52. The van der Waals surface area contributed by atoms with Crippen LogP contribution in [0.25, 0.3) is 11.0 Å². The first-order valence-corrected chi connectivity index (χ1v) is 5.14. The third-order valence-corrected chi connectivity index (χ3v) is 2.86. The standard InChI is InChI=1S/C10H11BrN2/c1-3-13-8-6-4-5-7(2)9(8)12-10(13)11/h4-6H,3H2,1-2H3. The largest absolute Gasteiger partial charge is 0.319 e. The molecule has 3 heteroatoms. The Morgan fingerprint density at radius 2 is 2.23 bits per heavy atom. The van der Waals surface area contributed by atoms with Gasteiger partial charge in [0, 0.05) is 6.54 Å². The molecule has 0 N–H and O–H groups in total. The minimum atomic E-state index is 0.916. The van der Waals surface area contributed by atoms with E-state index in [1.165, 1.54) is 11.1 Å². The first-order chi connectivity index (χ1) is 6.24. The van der Waals surface area contributed by atoms with Crippen LogP contribution >= 0.6 is 15.9 Å². The van der Waals surface area contributed by atoms with Crippen molar-refractivity contribution in [1.29, 1.82) is 0 Å². The molecule has 2 nitrogen and oxygen atoms in total. The lowest BCUT2D eigenvalue weighted by atomic mass is 10.2. The fraction of sp³-hybridized carbons (Fsp3) is 0.300. The summed E-state index contributed by atoms with van der Waals surface area (Å²) in [5, 5.41) is 0.